The predicted molar refractivity (Wildman–Crippen MR) is 100 cm³/mol. The zero-order chi connectivity index (χ0) is 20.6. The van der Waals surface area contributed by atoms with E-state index < -0.39 is 31.1 Å². The number of rotatable bonds is 12. The number of anilines is 1. The molecule has 0 aromatic carbocycles. The van der Waals surface area contributed by atoms with Gasteiger partial charge in [-0.1, -0.05) is 0 Å². The maximum Gasteiger partial charge on any atom is 0.167 e. The Morgan fingerprint density at radius 3 is 2.55 bits per heavy atom. The zero-order valence-corrected chi connectivity index (χ0v) is 15.9. The SMILES string of the molecule is OCCOCCOCCCNc1ncnc2c1ncn2[C@@H]1O[C@H](CO)C(O)C1O. The van der Waals surface area contributed by atoms with Gasteiger partial charge in [-0.3, -0.25) is 4.57 Å². The Balaban J connectivity index is 1.54. The van der Waals surface area contributed by atoms with Crippen LogP contribution >= 0.6 is 0 Å². The van der Waals surface area contributed by atoms with Crippen molar-refractivity contribution >= 4 is 17.0 Å². The molecule has 0 radical (unpaired) electrons. The summed E-state index contributed by atoms with van der Waals surface area (Å²) in [5.74, 6) is 0.534. The van der Waals surface area contributed by atoms with Crippen molar-refractivity contribution in [3.05, 3.63) is 12.7 Å². The fraction of sp³-hybridized carbons (Fsp3) is 0.706. The lowest BCUT2D eigenvalue weighted by molar-refractivity contribution is -0.0511. The Kier molecular flexibility index (Phi) is 8.06. The first kappa shape index (κ1) is 21.8. The Morgan fingerprint density at radius 1 is 1.03 bits per heavy atom. The number of ether oxygens (including phenoxy) is 3. The van der Waals surface area contributed by atoms with Crippen molar-refractivity contribution in [2.45, 2.75) is 31.0 Å². The van der Waals surface area contributed by atoms with E-state index in [2.05, 4.69) is 20.3 Å². The molecule has 29 heavy (non-hydrogen) atoms. The van der Waals surface area contributed by atoms with E-state index in [1.54, 1.807) is 0 Å². The summed E-state index contributed by atoms with van der Waals surface area (Å²) < 4.78 is 17.6. The highest BCUT2D eigenvalue weighted by molar-refractivity contribution is 5.82. The molecule has 4 atom stereocenters. The molecule has 2 aromatic heterocycles. The molecule has 0 amide bonds. The van der Waals surface area contributed by atoms with Crippen LogP contribution in [0.4, 0.5) is 5.82 Å². The molecular formula is C17H27N5O7. The maximum absolute atomic E-state index is 10.2. The van der Waals surface area contributed by atoms with Gasteiger partial charge < -0.3 is 40.0 Å². The minimum Gasteiger partial charge on any atom is -0.394 e. The van der Waals surface area contributed by atoms with Crippen molar-refractivity contribution in [2.24, 2.45) is 0 Å². The number of nitrogens with one attached hydrogen (secondary N) is 1. The van der Waals surface area contributed by atoms with Crippen LogP contribution in [0.25, 0.3) is 11.2 Å². The molecule has 2 aromatic rings. The highest BCUT2D eigenvalue weighted by Crippen LogP contribution is 2.31. The fourth-order valence-electron chi connectivity index (χ4n) is 3.04. The van der Waals surface area contributed by atoms with Crippen molar-refractivity contribution in [3.63, 3.8) is 0 Å². The topological polar surface area (TPSA) is 164 Å². The molecule has 12 nitrogen and oxygen atoms in total. The Labute approximate surface area is 167 Å². The zero-order valence-electron chi connectivity index (χ0n) is 15.9. The number of aliphatic hydroxyl groups excluding tert-OH is 4. The quantitative estimate of drug-likeness (QED) is 0.251. The van der Waals surface area contributed by atoms with Crippen LogP contribution in [-0.4, -0.2) is 104 Å². The molecule has 2 unspecified atom stereocenters. The third-order valence-corrected chi connectivity index (χ3v) is 4.52. The van der Waals surface area contributed by atoms with Gasteiger partial charge in [0.2, 0.25) is 0 Å². The van der Waals surface area contributed by atoms with Crippen molar-refractivity contribution < 1.29 is 34.6 Å². The molecule has 0 spiro atoms. The molecule has 3 heterocycles. The van der Waals surface area contributed by atoms with Crippen molar-refractivity contribution in [2.75, 3.05) is 51.5 Å². The lowest BCUT2D eigenvalue weighted by atomic mass is 10.1. The largest absolute Gasteiger partial charge is 0.394 e. The second-order valence-electron chi connectivity index (χ2n) is 6.50. The lowest BCUT2D eigenvalue weighted by Crippen LogP contribution is -2.33. The van der Waals surface area contributed by atoms with E-state index in [0.717, 1.165) is 6.42 Å². The van der Waals surface area contributed by atoms with E-state index >= 15 is 0 Å². The Morgan fingerprint density at radius 2 is 1.83 bits per heavy atom. The number of nitrogens with zero attached hydrogens (tertiary/aromatic N) is 4. The van der Waals surface area contributed by atoms with Gasteiger partial charge in [-0.05, 0) is 6.42 Å². The molecule has 0 saturated carbocycles. The van der Waals surface area contributed by atoms with Gasteiger partial charge in [0.25, 0.3) is 0 Å². The maximum atomic E-state index is 10.2. The molecule has 3 rings (SSSR count). The van der Waals surface area contributed by atoms with Crippen molar-refractivity contribution in [1.82, 2.24) is 19.5 Å². The van der Waals surface area contributed by atoms with Gasteiger partial charge in [-0.2, -0.15) is 0 Å². The lowest BCUT2D eigenvalue weighted by Gasteiger charge is -2.16. The average molecular weight is 413 g/mol. The van der Waals surface area contributed by atoms with Crippen LogP contribution < -0.4 is 5.32 Å². The summed E-state index contributed by atoms with van der Waals surface area (Å²) in [6.07, 6.45) is -0.622. The molecule has 12 heteroatoms. The minimum absolute atomic E-state index is 0.00150. The smallest absolute Gasteiger partial charge is 0.167 e. The number of fused-ring (bicyclic) bond motifs is 1. The van der Waals surface area contributed by atoms with Gasteiger partial charge in [-0.25, -0.2) is 15.0 Å². The summed E-state index contributed by atoms with van der Waals surface area (Å²) in [5.41, 5.74) is 0.943. The average Bonchev–Trinajstić information content (AvgIpc) is 3.28. The van der Waals surface area contributed by atoms with Gasteiger partial charge in [0.1, 0.15) is 24.6 Å². The summed E-state index contributed by atoms with van der Waals surface area (Å²) in [5, 5.41) is 41.2. The van der Waals surface area contributed by atoms with Crippen molar-refractivity contribution in [3.8, 4) is 0 Å². The van der Waals surface area contributed by atoms with Gasteiger partial charge in [0, 0.05) is 13.2 Å². The molecule has 0 bridgehead atoms. The predicted octanol–water partition coefficient (Wildman–Crippen LogP) is -1.73. The molecule has 1 saturated heterocycles. The van der Waals surface area contributed by atoms with Crippen LogP contribution in [0.15, 0.2) is 12.7 Å². The van der Waals surface area contributed by atoms with E-state index in [4.69, 9.17) is 19.3 Å². The molecule has 0 aliphatic carbocycles. The van der Waals surface area contributed by atoms with Crippen LogP contribution in [0.5, 0.6) is 0 Å². The number of imidazole rings is 1. The second kappa shape index (κ2) is 10.7. The van der Waals surface area contributed by atoms with Gasteiger partial charge in [0.15, 0.2) is 23.2 Å². The van der Waals surface area contributed by atoms with E-state index in [1.165, 1.54) is 17.2 Å². The molecular weight excluding hydrogens is 386 g/mol. The van der Waals surface area contributed by atoms with E-state index in [0.29, 0.717) is 50.0 Å². The standard InChI is InChI=1S/C17H27N5O7/c23-3-5-28-7-6-27-4-1-2-18-15-12-16(20-9-19-15)22(10-21-12)17-14(26)13(25)11(8-24)29-17/h9-11,13-14,17,23-26H,1-8H2,(H,18,19,20)/t11-,13?,14?,17-/m1/s1. The molecule has 5 N–H and O–H groups in total. The third kappa shape index (κ3) is 5.17. The molecule has 1 aliphatic heterocycles. The van der Waals surface area contributed by atoms with E-state index in [1.807, 2.05) is 0 Å². The van der Waals surface area contributed by atoms with Crippen LogP contribution in [0, 0.1) is 0 Å². The van der Waals surface area contributed by atoms with E-state index in [9.17, 15) is 15.3 Å². The van der Waals surface area contributed by atoms with Gasteiger partial charge in [-0.15, -0.1) is 0 Å². The molecule has 1 fully saturated rings. The number of hydrogen-bond acceptors (Lipinski definition) is 11. The highest BCUT2D eigenvalue weighted by atomic mass is 16.6. The summed E-state index contributed by atoms with van der Waals surface area (Å²) in [7, 11) is 0. The fourth-order valence-corrected chi connectivity index (χ4v) is 3.04. The second-order valence-corrected chi connectivity index (χ2v) is 6.50. The van der Waals surface area contributed by atoms with Crippen LogP contribution in [-0.2, 0) is 14.2 Å². The third-order valence-electron chi connectivity index (χ3n) is 4.52. The van der Waals surface area contributed by atoms with Crippen LogP contribution in [0.3, 0.4) is 0 Å². The number of aromatic nitrogens is 4. The number of hydrogen-bond donors (Lipinski definition) is 5. The van der Waals surface area contributed by atoms with Crippen molar-refractivity contribution in [1.29, 1.82) is 0 Å². The highest BCUT2D eigenvalue weighted by Gasteiger charge is 2.44. The Bertz CT molecular complexity index is 761. The van der Waals surface area contributed by atoms with Gasteiger partial charge >= 0.3 is 0 Å². The summed E-state index contributed by atoms with van der Waals surface area (Å²) >= 11 is 0. The summed E-state index contributed by atoms with van der Waals surface area (Å²) in [6, 6.07) is 0. The first-order valence-corrected chi connectivity index (χ1v) is 9.47. The summed E-state index contributed by atoms with van der Waals surface area (Å²) in [4.78, 5) is 12.7. The Hall–Kier alpha value is -1.93. The van der Waals surface area contributed by atoms with Crippen LogP contribution in [0.1, 0.15) is 12.6 Å². The first-order valence-electron chi connectivity index (χ1n) is 9.47. The minimum atomic E-state index is -1.21. The van der Waals surface area contributed by atoms with Crippen LogP contribution in [0.2, 0.25) is 0 Å². The molecule has 1 aliphatic rings. The summed E-state index contributed by atoms with van der Waals surface area (Å²) in [6.45, 7) is 1.96. The number of aliphatic hydroxyl groups is 4. The van der Waals surface area contributed by atoms with E-state index in [-0.39, 0.29) is 6.61 Å². The molecule has 162 valence electrons. The first-order chi connectivity index (χ1) is 14.2. The van der Waals surface area contributed by atoms with Gasteiger partial charge in [0.05, 0.1) is 39.4 Å². The normalized spacial score (nSPS) is 24.4. The monoisotopic (exact) mass is 413 g/mol.